The summed E-state index contributed by atoms with van der Waals surface area (Å²) in [5, 5.41) is -0.0268. The number of hydrogen-bond acceptors (Lipinski definition) is 5. The lowest BCUT2D eigenvalue weighted by Crippen LogP contribution is -2.39. The molecule has 1 amide bonds. The van der Waals surface area contributed by atoms with E-state index >= 15 is 0 Å². The summed E-state index contributed by atoms with van der Waals surface area (Å²) in [6, 6.07) is 9.63. The number of carbonyl (C=O) groups excluding carboxylic acids is 1. The molecule has 0 aliphatic carbocycles. The maximum absolute atomic E-state index is 14.4. The molecule has 3 aromatic carbocycles. The largest absolute Gasteiger partial charge is 0.493 e. The van der Waals surface area contributed by atoms with Crippen molar-refractivity contribution in [3.05, 3.63) is 81.3 Å². The van der Waals surface area contributed by atoms with Crippen LogP contribution in [0.5, 0.6) is 11.5 Å². The summed E-state index contributed by atoms with van der Waals surface area (Å²) < 4.78 is 67.1. The quantitative estimate of drug-likeness (QED) is 0.425. The Labute approximate surface area is 211 Å². The van der Waals surface area contributed by atoms with Gasteiger partial charge in [0.25, 0.3) is 10.0 Å². The van der Waals surface area contributed by atoms with Crippen LogP contribution in [0.2, 0.25) is 10.0 Å². The lowest BCUT2D eigenvalue weighted by atomic mass is 10.0. The Morgan fingerprint density at radius 1 is 0.971 bits per heavy atom. The number of halogens is 4. The fourth-order valence-electron chi connectivity index (χ4n) is 3.39. The maximum Gasteiger partial charge on any atom is 0.264 e. The van der Waals surface area contributed by atoms with E-state index in [9.17, 15) is 22.0 Å². The van der Waals surface area contributed by atoms with Gasteiger partial charge >= 0.3 is 0 Å². The second-order valence-corrected chi connectivity index (χ2v) is 9.94. The maximum atomic E-state index is 14.4. The third-order valence-corrected chi connectivity index (χ3v) is 7.54. The summed E-state index contributed by atoms with van der Waals surface area (Å²) in [7, 11) is -1.75. The van der Waals surface area contributed by atoms with Gasteiger partial charge in [0.2, 0.25) is 5.91 Å². The average Bonchev–Trinajstić information content (AvgIpc) is 2.81. The number of amides is 1. The number of rotatable bonds is 9. The van der Waals surface area contributed by atoms with E-state index in [0.717, 1.165) is 12.1 Å². The topological polar surface area (TPSA) is 98.9 Å². The third-order valence-electron chi connectivity index (χ3n) is 5.06. The first-order valence-corrected chi connectivity index (χ1v) is 12.1. The van der Waals surface area contributed by atoms with Gasteiger partial charge < -0.3 is 15.2 Å². The smallest absolute Gasteiger partial charge is 0.264 e. The number of methoxy groups -OCH3 is 2. The minimum absolute atomic E-state index is 0.0182. The molecule has 3 aromatic rings. The van der Waals surface area contributed by atoms with Gasteiger partial charge in [-0.25, -0.2) is 17.2 Å². The minimum Gasteiger partial charge on any atom is -0.493 e. The average molecular weight is 545 g/mol. The lowest BCUT2D eigenvalue weighted by Gasteiger charge is -2.26. The molecule has 7 nitrogen and oxygen atoms in total. The predicted molar refractivity (Wildman–Crippen MR) is 129 cm³/mol. The number of ether oxygens (including phenoxy) is 2. The molecule has 2 N–H and O–H groups in total. The normalized spacial score (nSPS) is 11.3. The van der Waals surface area contributed by atoms with E-state index < -0.39 is 34.1 Å². The molecule has 0 bridgehead atoms. The minimum atomic E-state index is -4.46. The summed E-state index contributed by atoms with van der Waals surface area (Å²) in [5.41, 5.74) is 5.00. The van der Waals surface area contributed by atoms with Crippen molar-refractivity contribution in [3.8, 4) is 11.5 Å². The summed E-state index contributed by atoms with van der Waals surface area (Å²) in [4.78, 5) is 11.6. The number of nitrogens with two attached hydrogens (primary N) is 1. The summed E-state index contributed by atoms with van der Waals surface area (Å²) in [6.07, 6.45) is -0.387. The third kappa shape index (κ3) is 5.61. The SMILES string of the molecule is COc1ccc(S(=O)(=O)N(CC(N)=O)c2cc(Cl)c(Cl)cc2Cc2c(F)cccc2F)cc1OC. The van der Waals surface area contributed by atoms with Crippen LogP contribution in [0.3, 0.4) is 0 Å². The molecule has 0 aliphatic heterocycles. The Hall–Kier alpha value is -3.08. The second-order valence-electron chi connectivity index (χ2n) is 7.27. The molecule has 0 radical (unpaired) electrons. The standard InChI is InChI=1S/C23H20Cl2F2N2O5S/c1-33-21-7-6-14(10-22(21)34-2)35(31,32)29(12-23(28)30)20-11-17(25)16(24)9-13(20)8-15-18(26)4-3-5-19(15)27/h3-7,9-11H,8,12H2,1-2H3,(H2,28,30). The van der Waals surface area contributed by atoms with E-state index in [4.69, 9.17) is 38.4 Å². The Balaban J connectivity index is 2.23. The van der Waals surface area contributed by atoms with E-state index in [0.29, 0.717) is 4.31 Å². The van der Waals surface area contributed by atoms with Crippen molar-refractivity contribution in [1.29, 1.82) is 0 Å². The number of sulfonamides is 1. The van der Waals surface area contributed by atoms with Gasteiger partial charge in [-0.1, -0.05) is 29.3 Å². The van der Waals surface area contributed by atoms with Crippen molar-refractivity contribution < 1.29 is 31.5 Å². The van der Waals surface area contributed by atoms with Crippen LogP contribution in [0.1, 0.15) is 11.1 Å². The van der Waals surface area contributed by atoms with E-state index in [1.807, 2.05) is 0 Å². The number of carbonyl (C=O) groups is 1. The first-order valence-electron chi connectivity index (χ1n) is 9.93. The summed E-state index contributed by atoms with van der Waals surface area (Å²) in [6.45, 7) is -0.790. The molecule has 186 valence electrons. The van der Waals surface area contributed by atoms with Gasteiger partial charge in [0.05, 0.1) is 34.8 Å². The van der Waals surface area contributed by atoms with E-state index in [-0.39, 0.29) is 49.7 Å². The van der Waals surface area contributed by atoms with Crippen molar-refractivity contribution in [2.75, 3.05) is 25.1 Å². The van der Waals surface area contributed by atoms with E-state index in [2.05, 4.69) is 0 Å². The molecular weight excluding hydrogens is 525 g/mol. The van der Waals surface area contributed by atoms with Gasteiger partial charge in [-0.05, 0) is 42.0 Å². The number of benzene rings is 3. The van der Waals surface area contributed by atoms with Crippen LogP contribution in [0, 0.1) is 11.6 Å². The van der Waals surface area contributed by atoms with Crippen LogP contribution in [0.15, 0.2) is 53.4 Å². The van der Waals surface area contributed by atoms with Crippen LogP contribution < -0.4 is 19.5 Å². The highest BCUT2D eigenvalue weighted by Crippen LogP contribution is 2.37. The molecule has 0 aromatic heterocycles. The zero-order chi connectivity index (χ0) is 25.9. The van der Waals surface area contributed by atoms with Gasteiger partial charge in [-0.15, -0.1) is 0 Å². The predicted octanol–water partition coefficient (Wildman–Crippen LogP) is 4.56. The van der Waals surface area contributed by atoms with Crippen LogP contribution in [-0.4, -0.2) is 35.1 Å². The summed E-state index contributed by atoms with van der Waals surface area (Å²) in [5.74, 6) is -2.27. The van der Waals surface area contributed by atoms with Crippen LogP contribution in [0.4, 0.5) is 14.5 Å². The zero-order valence-corrected chi connectivity index (χ0v) is 20.8. The number of anilines is 1. The van der Waals surface area contributed by atoms with Crippen LogP contribution in [0.25, 0.3) is 0 Å². The Morgan fingerprint density at radius 3 is 2.14 bits per heavy atom. The molecule has 12 heteroatoms. The van der Waals surface area contributed by atoms with E-state index in [1.54, 1.807) is 0 Å². The van der Waals surface area contributed by atoms with Crippen molar-refractivity contribution in [2.45, 2.75) is 11.3 Å². The molecule has 0 fully saturated rings. The van der Waals surface area contributed by atoms with Crippen molar-refractivity contribution in [1.82, 2.24) is 0 Å². The first kappa shape index (κ1) is 26.5. The molecule has 0 heterocycles. The monoisotopic (exact) mass is 544 g/mol. The lowest BCUT2D eigenvalue weighted by molar-refractivity contribution is -0.116. The van der Waals surface area contributed by atoms with Gasteiger partial charge in [0.1, 0.15) is 18.2 Å². The number of primary amides is 1. The van der Waals surface area contributed by atoms with Gasteiger partial charge in [0.15, 0.2) is 11.5 Å². The molecule has 0 atom stereocenters. The molecular formula is C23H20Cl2F2N2O5S. The molecule has 0 aliphatic rings. The fourth-order valence-corrected chi connectivity index (χ4v) is 5.21. The summed E-state index contributed by atoms with van der Waals surface area (Å²) >= 11 is 12.3. The van der Waals surface area contributed by atoms with Crippen molar-refractivity contribution in [3.63, 3.8) is 0 Å². The Kier molecular flexibility index (Phi) is 8.09. The highest BCUT2D eigenvalue weighted by molar-refractivity contribution is 7.92. The van der Waals surface area contributed by atoms with E-state index in [1.165, 1.54) is 50.6 Å². The first-order chi connectivity index (χ1) is 16.5. The van der Waals surface area contributed by atoms with Crippen LogP contribution in [-0.2, 0) is 21.2 Å². The van der Waals surface area contributed by atoms with Gasteiger partial charge in [-0.2, -0.15) is 0 Å². The Bertz CT molecular complexity index is 1370. The highest BCUT2D eigenvalue weighted by Gasteiger charge is 2.30. The molecule has 0 spiro atoms. The van der Waals surface area contributed by atoms with Crippen molar-refractivity contribution >= 4 is 44.8 Å². The van der Waals surface area contributed by atoms with Gasteiger partial charge in [0, 0.05) is 18.1 Å². The molecule has 35 heavy (non-hydrogen) atoms. The Morgan fingerprint density at radius 2 is 1.57 bits per heavy atom. The second kappa shape index (κ2) is 10.7. The van der Waals surface area contributed by atoms with Crippen molar-refractivity contribution in [2.24, 2.45) is 5.73 Å². The molecule has 0 saturated carbocycles. The van der Waals surface area contributed by atoms with Crippen LogP contribution >= 0.6 is 23.2 Å². The fraction of sp³-hybridized carbons (Fsp3) is 0.174. The molecule has 0 unspecified atom stereocenters. The highest BCUT2D eigenvalue weighted by atomic mass is 35.5. The van der Waals surface area contributed by atoms with Gasteiger partial charge in [-0.3, -0.25) is 9.10 Å². The zero-order valence-electron chi connectivity index (χ0n) is 18.5. The number of hydrogen-bond donors (Lipinski definition) is 1. The molecule has 3 rings (SSSR count). The molecule has 0 saturated heterocycles. The number of nitrogens with zero attached hydrogens (tertiary/aromatic N) is 1.